The lowest BCUT2D eigenvalue weighted by Gasteiger charge is -2.26. The SMILES string of the molecule is N#CC1(NC(=O)c2cnc(Cl)c(Cl)c2)CCCCCC1. The molecule has 1 heterocycles. The Balaban J connectivity index is 2.16. The summed E-state index contributed by atoms with van der Waals surface area (Å²) in [6.07, 6.45) is 6.85. The predicted octanol–water partition coefficient (Wildman–Crippen LogP) is 3.73. The summed E-state index contributed by atoms with van der Waals surface area (Å²) in [6.45, 7) is 0. The van der Waals surface area contributed by atoms with Gasteiger partial charge in [0.15, 0.2) is 0 Å². The van der Waals surface area contributed by atoms with Gasteiger partial charge in [0.2, 0.25) is 0 Å². The largest absolute Gasteiger partial charge is 0.334 e. The maximum Gasteiger partial charge on any atom is 0.254 e. The molecule has 1 aromatic rings. The zero-order valence-electron chi connectivity index (χ0n) is 11.0. The van der Waals surface area contributed by atoms with Crippen molar-refractivity contribution in [1.29, 1.82) is 5.26 Å². The summed E-state index contributed by atoms with van der Waals surface area (Å²) >= 11 is 11.6. The van der Waals surface area contributed by atoms with E-state index in [1.165, 1.54) is 12.3 Å². The molecule has 0 spiro atoms. The third kappa shape index (κ3) is 3.41. The molecule has 1 aliphatic carbocycles. The topological polar surface area (TPSA) is 65.8 Å². The molecular formula is C14H15Cl2N3O. The smallest absolute Gasteiger partial charge is 0.254 e. The van der Waals surface area contributed by atoms with Gasteiger partial charge < -0.3 is 5.32 Å². The van der Waals surface area contributed by atoms with Gasteiger partial charge in [0.1, 0.15) is 10.7 Å². The van der Waals surface area contributed by atoms with Gasteiger partial charge in [-0.1, -0.05) is 48.9 Å². The lowest BCUT2D eigenvalue weighted by atomic mass is 9.91. The molecule has 2 rings (SSSR count). The van der Waals surface area contributed by atoms with Crippen LogP contribution in [0.1, 0.15) is 48.9 Å². The number of nitrogens with zero attached hydrogens (tertiary/aromatic N) is 2. The van der Waals surface area contributed by atoms with E-state index in [0.717, 1.165) is 25.7 Å². The highest BCUT2D eigenvalue weighted by Gasteiger charge is 2.32. The predicted molar refractivity (Wildman–Crippen MR) is 77.8 cm³/mol. The molecular weight excluding hydrogens is 297 g/mol. The van der Waals surface area contributed by atoms with Crippen molar-refractivity contribution in [2.45, 2.75) is 44.1 Å². The Morgan fingerprint density at radius 3 is 2.50 bits per heavy atom. The molecule has 0 atom stereocenters. The first kappa shape index (κ1) is 15.1. The molecule has 0 radical (unpaired) electrons. The number of hydrogen-bond donors (Lipinski definition) is 1. The van der Waals surface area contributed by atoms with Gasteiger partial charge in [-0.15, -0.1) is 0 Å². The number of nitrogens with one attached hydrogen (secondary N) is 1. The normalized spacial score (nSPS) is 17.9. The van der Waals surface area contributed by atoms with Crippen LogP contribution in [0.2, 0.25) is 10.2 Å². The molecule has 0 aliphatic heterocycles. The van der Waals surface area contributed by atoms with E-state index in [1.807, 2.05) is 0 Å². The fourth-order valence-corrected chi connectivity index (χ4v) is 2.70. The molecule has 0 bridgehead atoms. The van der Waals surface area contributed by atoms with Gasteiger partial charge in [-0.3, -0.25) is 4.79 Å². The standard InChI is InChI=1S/C14H15Cl2N3O/c15-11-7-10(8-18-12(11)16)13(20)19-14(9-17)5-3-1-2-4-6-14/h7-8H,1-6H2,(H,19,20). The van der Waals surface area contributed by atoms with Crippen molar-refractivity contribution < 1.29 is 4.79 Å². The van der Waals surface area contributed by atoms with E-state index in [2.05, 4.69) is 16.4 Å². The number of hydrogen-bond acceptors (Lipinski definition) is 3. The molecule has 0 unspecified atom stereocenters. The minimum absolute atomic E-state index is 0.160. The Labute approximate surface area is 128 Å². The van der Waals surface area contributed by atoms with Crippen molar-refractivity contribution in [3.63, 3.8) is 0 Å². The van der Waals surface area contributed by atoms with Crippen molar-refractivity contribution in [1.82, 2.24) is 10.3 Å². The number of aromatic nitrogens is 1. The molecule has 1 aromatic heterocycles. The van der Waals surface area contributed by atoms with E-state index in [9.17, 15) is 10.1 Å². The van der Waals surface area contributed by atoms with E-state index < -0.39 is 5.54 Å². The Bertz CT molecular complexity index is 546. The Kier molecular flexibility index (Phi) is 4.85. The molecule has 4 nitrogen and oxygen atoms in total. The second kappa shape index (κ2) is 6.43. The summed E-state index contributed by atoms with van der Waals surface area (Å²) in [5, 5.41) is 12.7. The number of carbonyl (C=O) groups excluding carboxylic acids is 1. The lowest BCUT2D eigenvalue weighted by Crippen LogP contribution is -2.47. The summed E-state index contributed by atoms with van der Waals surface area (Å²) in [6, 6.07) is 3.74. The molecule has 106 valence electrons. The average molecular weight is 312 g/mol. The second-order valence-corrected chi connectivity index (χ2v) is 5.82. The quantitative estimate of drug-likeness (QED) is 0.668. The zero-order chi connectivity index (χ0) is 14.6. The average Bonchev–Trinajstić information content (AvgIpc) is 2.68. The molecule has 0 saturated heterocycles. The number of amides is 1. The van der Waals surface area contributed by atoms with E-state index in [4.69, 9.17) is 23.2 Å². The Morgan fingerprint density at radius 2 is 1.95 bits per heavy atom. The monoisotopic (exact) mass is 311 g/mol. The first-order valence-corrected chi connectivity index (χ1v) is 7.37. The summed E-state index contributed by atoms with van der Waals surface area (Å²) < 4.78 is 0. The van der Waals surface area contributed by atoms with Gasteiger partial charge in [-0.25, -0.2) is 4.98 Å². The number of carbonyl (C=O) groups is 1. The molecule has 1 N–H and O–H groups in total. The first-order valence-electron chi connectivity index (χ1n) is 6.61. The van der Waals surface area contributed by atoms with Crippen LogP contribution >= 0.6 is 23.2 Å². The fourth-order valence-electron chi connectivity index (χ4n) is 2.43. The van der Waals surface area contributed by atoms with Crippen LogP contribution in [0.4, 0.5) is 0 Å². The molecule has 1 saturated carbocycles. The summed E-state index contributed by atoms with van der Waals surface area (Å²) in [5.41, 5.74) is -0.460. The number of pyridine rings is 1. The Hall–Kier alpha value is -1.31. The highest BCUT2D eigenvalue weighted by molar-refractivity contribution is 6.41. The van der Waals surface area contributed by atoms with E-state index >= 15 is 0 Å². The van der Waals surface area contributed by atoms with Gasteiger partial charge in [-0.2, -0.15) is 5.26 Å². The molecule has 0 aromatic carbocycles. The van der Waals surface area contributed by atoms with Crippen LogP contribution in [0.15, 0.2) is 12.3 Å². The highest BCUT2D eigenvalue weighted by atomic mass is 35.5. The third-order valence-electron chi connectivity index (χ3n) is 3.58. The summed E-state index contributed by atoms with van der Waals surface area (Å²) in [4.78, 5) is 16.1. The van der Waals surface area contributed by atoms with Crippen molar-refractivity contribution >= 4 is 29.1 Å². The maximum atomic E-state index is 12.2. The van der Waals surface area contributed by atoms with E-state index in [0.29, 0.717) is 18.4 Å². The van der Waals surface area contributed by atoms with Crippen LogP contribution in [0.25, 0.3) is 0 Å². The molecule has 1 amide bonds. The van der Waals surface area contributed by atoms with Gasteiger partial charge in [0.05, 0.1) is 16.7 Å². The molecule has 1 aliphatic rings. The van der Waals surface area contributed by atoms with Crippen LogP contribution in [-0.4, -0.2) is 16.4 Å². The maximum absolute atomic E-state index is 12.2. The van der Waals surface area contributed by atoms with Crippen molar-refractivity contribution in [2.24, 2.45) is 0 Å². The molecule has 6 heteroatoms. The van der Waals surface area contributed by atoms with Gasteiger partial charge >= 0.3 is 0 Å². The molecule has 20 heavy (non-hydrogen) atoms. The fraction of sp³-hybridized carbons (Fsp3) is 0.500. The van der Waals surface area contributed by atoms with Crippen molar-refractivity contribution in [3.05, 3.63) is 28.0 Å². The van der Waals surface area contributed by atoms with E-state index in [1.54, 1.807) is 0 Å². The van der Waals surface area contributed by atoms with Crippen LogP contribution in [0.3, 0.4) is 0 Å². The van der Waals surface area contributed by atoms with Crippen molar-refractivity contribution in [2.75, 3.05) is 0 Å². The zero-order valence-corrected chi connectivity index (χ0v) is 12.5. The summed E-state index contributed by atoms with van der Waals surface area (Å²) in [5.74, 6) is -0.334. The lowest BCUT2D eigenvalue weighted by molar-refractivity contribution is 0.0912. The third-order valence-corrected chi connectivity index (χ3v) is 4.27. The minimum atomic E-state index is -0.778. The van der Waals surface area contributed by atoms with Crippen LogP contribution in [-0.2, 0) is 0 Å². The highest BCUT2D eigenvalue weighted by Crippen LogP contribution is 2.27. The minimum Gasteiger partial charge on any atom is -0.334 e. The van der Waals surface area contributed by atoms with Gasteiger partial charge in [0, 0.05) is 6.20 Å². The first-order chi connectivity index (χ1) is 9.56. The van der Waals surface area contributed by atoms with E-state index in [-0.39, 0.29) is 16.1 Å². The molecule has 1 fully saturated rings. The van der Waals surface area contributed by atoms with Crippen molar-refractivity contribution in [3.8, 4) is 6.07 Å². The second-order valence-electron chi connectivity index (χ2n) is 5.06. The van der Waals surface area contributed by atoms with Crippen LogP contribution < -0.4 is 5.32 Å². The number of halogens is 2. The number of nitriles is 1. The van der Waals surface area contributed by atoms with Gasteiger partial charge in [-0.05, 0) is 18.9 Å². The van der Waals surface area contributed by atoms with Gasteiger partial charge in [0.25, 0.3) is 5.91 Å². The van der Waals surface area contributed by atoms with Crippen LogP contribution in [0.5, 0.6) is 0 Å². The van der Waals surface area contributed by atoms with Crippen LogP contribution in [0, 0.1) is 11.3 Å². The summed E-state index contributed by atoms with van der Waals surface area (Å²) in [7, 11) is 0. The number of rotatable bonds is 2. The Morgan fingerprint density at radius 1 is 1.30 bits per heavy atom.